The van der Waals surface area contributed by atoms with Crippen molar-refractivity contribution in [2.45, 2.75) is 0 Å². The second-order valence-corrected chi connectivity index (χ2v) is 13.0. The topological polar surface area (TPSA) is 35.6 Å². The van der Waals surface area contributed by atoms with Gasteiger partial charge in [-0.3, -0.25) is 4.57 Å². The van der Waals surface area contributed by atoms with Crippen LogP contribution >= 0.6 is 0 Å². The summed E-state index contributed by atoms with van der Waals surface area (Å²) < 4.78 is 4.66. The van der Waals surface area contributed by atoms with Gasteiger partial charge >= 0.3 is 0 Å². The van der Waals surface area contributed by atoms with Gasteiger partial charge in [-0.05, 0) is 70.1 Å². The van der Waals surface area contributed by atoms with Crippen molar-refractivity contribution >= 4 is 76.1 Å². The Bertz CT molecular complexity index is 3140. The molecule has 0 saturated carbocycles. The highest BCUT2D eigenvalue weighted by Crippen LogP contribution is 2.41. The van der Waals surface area contributed by atoms with Crippen LogP contribution in [0.3, 0.4) is 0 Å². The summed E-state index contributed by atoms with van der Waals surface area (Å²) in [5.74, 6) is 0.658. The van der Waals surface area contributed by atoms with Crippen LogP contribution < -0.4 is 0 Å². The Balaban J connectivity index is 1.28. The zero-order valence-corrected chi connectivity index (χ0v) is 27.0. The van der Waals surface area contributed by atoms with Crippen LogP contribution in [0.1, 0.15) is 0 Å². The molecule has 8 aromatic carbocycles. The van der Waals surface area contributed by atoms with E-state index in [9.17, 15) is 0 Å². The minimum atomic E-state index is 0.658. The van der Waals surface area contributed by atoms with E-state index >= 15 is 0 Å². The first kappa shape index (κ1) is 27.2. The molecule has 232 valence electrons. The summed E-state index contributed by atoms with van der Waals surface area (Å²) >= 11 is 0. The maximum absolute atomic E-state index is 5.45. The Morgan fingerprint density at radius 3 is 1.80 bits per heavy atom. The van der Waals surface area contributed by atoms with Gasteiger partial charge in [-0.1, -0.05) is 121 Å². The van der Waals surface area contributed by atoms with Gasteiger partial charge in [0.1, 0.15) is 0 Å². The summed E-state index contributed by atoms with van der Waals surface area (Å²) in [5, 5.41) is 10.7. The molecular formula is C46H28N4. The van der Waals surface area contributed by atoms with E-state index in [1.165, 1.54) is 48.6 Å². The van der Waals surface area contributed by atoms with E-state index in [1.54, 1.807) is 0 Å². The lowest BCUT2D eigenvalue weighted by molar-refractivity contribution is 1.01. The molecule has 4 heteroatoms. The number of nitrogens with zero attached hydrogens (tertiary/aromatic N) is 4. The molecule has 0 radical (unpaired) electrons. The van der Waals surface area contributed by atoms with Crippen molar-refractivity contribution < 1.29 is 0 Å². The third kappa shape index (κ3) is 3.87. The molecule has 0 aliphatic heterocycles. The molecule has 11 aromatic rings. The zero-order valence-electron chi connectivity index (χ0n) is 27.0. The van der Waals surface area contributed by atoms with Crippen LogP contribution in [0.15, 0.2) is 170 Å². The Hall–Kier alpha value is -6.78. The van der Waals surface area contributed by atoms with Gasteiger partial charge in [-0.25, -0.2) is 9.97 Å². The summed E-state index contributed by atoms with van der Waals surface area (Å²) in [5.41, 5.74) is 8.56. The molecule has 0 atom stereocenters. The molecule has 4 nitrogen and oxygen atoms in total. The van der Waals surface area contributed by atoms with Crippen LogP contribution in [0.2, 0.25) is 0 Å². The van der Waals surface area contributed by atoms with Crippen molar-refractivity contribution in [2.75, 3.05) is 0 Å². The monoisotopic (exact) mass is 636 g/mol. The van der Waals surface area contributed by atoms with Crippen molar-refractivity contribution in [3.05, 3.63) is 170 Å². The molecule has 3 aromatic heterocycles. The van der Waals surface area contributed by atoms with E-state index in [1.807, 2.05) is 0 Å². The average molecular weight is 637 g/mol. The largest absolute Gasteiger partial charge is 0.309 e. The van der Waals surface area contributed by atoms with Crippen LogP contribution in [-0.2, 0) is 0 Å². The summed E-state index contributed by atoms with van der Waals surface area (Å²) in [4.78, 5) is 10.7. The lowest BCUT2D eigenvalue weighted by Crippen LogP contribution is -2.03. The van der Waals surface area contributed by atoms with Crippen LogP contribution in [0.5, 0.6) is 0 Å². The normalized spacial score (nSPS) is 12.0. The molecule has 0 amide bonds. The van der Waals surface area contributed by atoms with E-state index in [0.29, 0.717) is 5.95 Å². The molecule has 11 rings (SSSR count). The van der Waals surface area contributed by atoms with Gasteiger partial charge in [0, 0.05) is 38.2 Å². The highest BCUT2D eigenvalue weighted by Gasteiger charge is 2.21. The van der Waals surface area contributed by atoms with Crippen LogP contribution in [0, 0.1) is 0 Å². The lowest BCUT2D eigenvalue weighted by Gasteiger charge is -2.13. The van der Waals surface area contributed by atoms with Gasteiger partial charge < -0.3 is 4.57 Å². The average Bonchev–Trinajstić information content (AvgIpc) is 3.67. The van der Waals surface area contributed by atoms with Crippen LogP contribution in [0.4, 0.5) is 0 Å². The van der Waals surface area contributed by atoms with Gasteiger partial charge in [0.2, 0.25) is 5.95 Å². The van der Waals surface area contributed by atoms with Crippen LogP contribution in [-0.4, -0.2) is 19.1 Å². The predicted molar refractivity (Wildman–Crippen MR) is 209 cm³/mol. The Morgan fingerprint density at radius 1 is 0.340 bits per heavy atom. The summed E-state index contributed by atoms with van der Waals surface area (Å²) in [6.07, 6.45) is 0. The predicted octanol–water partition coefficient (Wildman–Crippen LogP) is 11.8. The fourth-order valence-electron chi connectivity index (χ4n) is 8.04. The third-order valence-corrected chi connectivity index (χ3v) is 10.3. The number of benzene rings is 8. The van der Waals surface area contributed by atoms with Crippen molar-refractivity contribution in [3.63, 3.8) is 0 Å². The standard InChI is InChI=1S/C46H28N4/c1-2-17-32(18-3-1)49-42-26-31-15-5-4-14-30(31)25-37(42)39-27-38-34-20-9-11-24-41(34)50(44(38)28-43(39)49)46-47-40-23-10-8-21-36(40)45(48-46)35-22-12-16-29-13-6-7-19-33(29)35/h1-28H. The number of para-hydroxylation sites is 3. The van der Waals surface area contributed by atoms with Gasteiger partial charge in [-0.2, -0.15) is 0 Å². The molecule has 0 spiro atoms. The quantitative estimate of drug-likeness (QED) is 0.193. The van der Waals surface area contributed by atoms with Crippen molar-refractivity contribution in [2.24, 2.45) is 0 Å². The molecule has 50 heavy (non-hydrogen) atoms. The highest BCUT2D eigenvalue weighted by atomic mass is 15.2. The summed E-state index contributed by atoms with van der Waals surface area (Å²) in [6, 6.07) is 60.7. The Kier molecular flexibility index (Phi) is 5.63. The number of aromatic nitrogens is 4. The first-order valence-electron chi connectivity index (χ1n) is 17.0. The molecule has 0 aliphatic carbocycles. The first-order chi connectivity index (χ1) is 24.8. The molecule has 0 aliphatic rings. The van der Waals surface area contributed by atoms with Gasteiger partial charge in [0.25, 0.3) is 0 Å². The van der Waals surface area contributed by atoms with Crippen molar-refractivity contribution in [3.8, 4) is 22.9 Å². The number of fused-ring (bicyclic) bond motifs is 9. The molecule has 0 fully saturated rings. The number of hydrogen-bond donors (Lipinski definition) is 0. The molecule has 0 bridgehead atoms. The van der Waals surface area contributed by atoms with Crippen molar-refractivity contribution in [1.29, 1.82) is 0 Å². The van der Waals surface area contributed by atoms with E-state index in [2.05, 4.69) is 179 Å². The molecule has 0 N–H and O–H groups in total. The number of hydrogen-bond acceptors (Lipinski definition) is 2. The fourth-order valence-corrected chi connectivity index (χ4v) is 8.04. The van der Waals surface area contributed by atoms with E-state index in [0.717, 1.165) is 44.4 Å². The first-order valence-corrected chi connectivity index (χ1v) is 17.0. The smallest absolute Gasteiger partial charge is 0.235 e. The maximum atomic E-state index is 5.45. The van der Waals surface area contributed by atoms with Crippen molar-refractivity contribution in [1.82, 2.24) is 19.1 Å². The van der Waals surface area contributed by atoms with Gasteiger partial charge in [0.15, 0.2) is 0 Å². The zero-order chi connectivity index (χ0) is 32.8. The summed E-state index contributed by atoms with van der Waals surface area (Å²) in [6.45, 7) is 0. The van der Waals surface area contributed by atoms with E-state index in [4.69, 9.17) is 9.97 Å². The van der Waals surface area contributed by atoms with E-state index in [-0.39, 0.29) is 0 Å². The molecule has 0 saturated heterocycles. The van der Waals surface area contributed by atoms with E-state index < -0.39 is 0 Å². The van der Waals surface area contributed by atoms with Crippen LogP contribution in [0.25, 0.3) is 99.0 Å². The third-order valence-electron chi connectivity index (χ3n) is 10.3. The second-order valence-electron chi connectivity index (χ2n) is 13.0. The van der Waals surface area contributed by atoms with Gasteiger partial charge in [0.05, 0.1) is 33.3 Å². The summed E-state index contributed by atoms with van der Waals surface area (Å²) in [7, 11) is 0. The molecular weight excluding hydrogens is 609 g/mol. The molecule has 0 unspecified atom stereocenters. The second kappa shape index (κ2) is 10.4. The molecule has 3 heterocycles. The fraction of sp³-hybridized carbons (Fsp3) is 0. The minimum Gasteiger partial charge on any atom is -0.309 e. The van der Waals surface area contributed by atoms with Gasteiger partial charge in [-0.15, -0.1) is 0 Å². The highest BCUT2D eigenvalue weighted by molar-refractivity contribution is 6.20. The lowest BCUT2D eigenvalue weighted by atomic mass is 9.99. The number of rotatable bonds is 3. The Morgan fingerprint density at radius 2 is 0.940 bits per heavy atom. The minimum absolute atomic E-state index is 0.658. The Labute approximate surface area is 287 Å². The SMILES string of the molecule is c1ccc(-n2c3cc4ccccc4cc3c3cc4c5ccccc5n(-c5nc(-c6cccc7ccccc67)c6ccccc6n5)c4cc32)cc1. The maximum Gasteiger partial charge on any atom is 0.235 e.